The van der Waals surface area contributed by atoms with Crippen LogP contribution in [0.25, 0.3) is 5.57 Å². The molecule has 0 aliphatic carbocycles. The summed E-state index contributed by atoms with van der Waals surface area (Å²) in [6, 6.07) is 17.8. The van der Waals surface area contributed by atoms with Crippen molar-refractivity contribution in [2.45, 2.75) is 74.5 Å². The Morgan fingerprint density at radius 2 is 1.41 bits per heavy atom. The summed E-state index contributed by atoms with van der Waals surface area (Å²) in [6.45, 7) is 16.5. The van der Waals surface area contributed by atoms with E-state index in [2.05, 4.69) is 13.8 Å². The minimum atomic E-state index is -0.230. The molecule has 0 bridgehead atoms. The fourth-order valence-electron chi connectivity index (χ4n) is 2.65. The molecule has 160 valence electrons. The molecule has 0 amide bonds. The van der Waals surface area contributed by atoms with Crippen molar-refractivity contribution in [1.29, 1.82) is 0 Å². The van der Waals surface area contributed by atoms with Crippen molar-refractivity contribution >= 4 is 11.5 Å². The van der Waals surface area contributed by atoms with E-state index < -0.39 is 0 Å². The SMILES string of the molecule is CC.CC.CC1=C(c2ccc(OCc3ccccc3)cc2)C(C)OC1=O.CCC. The van der Waals surface area contributed by atoms with Crippen LogP contribution < -0.4 is 4.74 Å². The molecule has 0 radical (unpaired) electrons. The van der Waals surface area contributed by atoms with Crippen LogP contribution in [0.1, 0.15) is 72.9 Å². The van der Waals surface area contributed by atoms with Gasteiger partial charge in [0.2, 0.25) is 0 Å². The van der Waals surface area contributed by atoms with Crippen molar-refractivity contribution in [2.24, 2.45) is 0 Å². The number of ether oxygens (including phenoxy) is 2. The summed E-state index contributed by atoms with van der Waals surface area (Å²) in [5, 5.41) is 0. The Balaban J connectivity index is 0.00000100. The number of esters is 1. The van der Waals surface area contributed by atoms with Gasteiger partial charge < -0.3 is 9.47 Å². The van der Waals surface area contributed by atoms with E-state index in [4.69, 9.17) is 9.47 Å². The standard InChI is InChI=1S/C19H18O3.C3H8.2C2H6/c1-13-18(14(2)22-19(13)20)16-8-10-17(11-9-16)21-12-15-6-4-3-5-7-15;1-3-2;2*1-2/h3-11,14H,12H2,1-2H3;3H2,1-2H3;2*1-2H3. The zero-order valence-corrected chi connectivity index (χ0v) is 19.4. The van der Waals surface area contributed by atoms with Gasteiger partial charge in [-0.15, -0.1) is 0 Å². The van der Waals surface area contributed by atoms with Crippen molar-refractivity contribution in [3.63, 3.8) is 0 Å². The molecule has 0 saturated carbocycles. The summed E-state index contributed by atoms with van der Waals surface area (Å²) in [5.74, 6) is 0.579. The zero-order chi connectivity index (χ0) is 22.2. The first kappa shape index (κ1) is 26.4. The molecular weight excluding hydrogens is 360 g/mol. The monoisotopic (exact) mass is 398 g/mol. The van der Waals surface area contributed by atoms with Crippen LogP contribution in [-0.4, -0.2) is 12.1 Å². The molecule has 0 N–H and O–H groups in total. The van der Waals surface area contributed by atoms with Crippen LogP contribution in [0.4, 0.5) is 0 Å². The number of hydrogen-bond donors (Lipinski definition) is 0. The number of carbonyl (C=O) groups excluding carboxylic acids is 1. The maximum absolute atomic E-state index is 11.6. The average Bonchev–Trinajstić information content (AvgIpc) is 3.02. The second-order valence-corrected chi connectivity index (χ2v) is 6.09. The van der Waals surface area contributed by atoms with Crippen molar-refractivity contribution in [2.75, 3.05) is 0 Å². The highest BCUT2D eigenvalue weighted by Crippen LogP contribution is 2.32. The van der Waals surface area contributed by atoms with Crippen LogP contribution in [0, 0.1) is 0 Å². The van der Waals surface area contributed by atoms with Crippen LogP contribution in [0.2, 0.25) is 0 Å². The van der Waals surface area contributed by atoms with Gasteiger partial charge >= 0.3 is 5.97 Å². The first-order valence-electron chi connectivity index (χ1n) is 10.8. The molecule has 0 spiro atoms. The Bertz CT molecular complexity index is 715. The summed E-state index contributed by atoms with van der Waals surface area (Å²) in [7, 11) is 0. The molecule has 1 aliphatic heterocycles. The third-order valence-corrected chi connectivity index (χ3v) is 3.81. The Labute approximate surface area is 177 Å². The quantitative estimate of drug-likeness (QED) is 0.502. The molecule has 1 unspecified atom stereocenters. The molecule has 2 aromatic carbocycles. The van der Waals surface area contributed by atoms with E-state index in [0.717, 1.165) is 22.4 Å². The molecule has 0 fully saturated rings. The number of carbonyl (C=O) groups is 1. The highest BCUT2D eigenvalue weighted by atomic mass is 16.5. The smallest absolute Gasteiger partial charge is 0.334 e. The lowest BCUT2D eigenvalue weighted by atomic mass is 9.98. The second-order valence-electron chi connectivity index (χ2n) is 6.09. The minimum Gasteiger partial charge on any atom is -0.489 e. The predicted molar refractivity (Wildman–Crippen MR) is 124 cm³/mol. The van der Waals surface area contributed by atoms with Gasteiger partial charge in [0, 0.05) is 11.1 Å². The van der Waals surface area contributed by atoms with Gasteiger partial charge in [0.15, 0.2) is 0 Å². The maximum atomic E-state index is 11.6. The molecule has 2 aromatic rings. The Hall–Kier alpha value is -2.55. The van der Waals surface area contributed by atoms with E-state index in [1.807, 2.05) is 89.2 Å². The van der Waals surface area contributed by atoms with E-state index in [9.17, 15) is 4.79 Å². The predicted octanol–water partition coefficient (Wildman–Crippen LogP) is 7.45. The van der Waals surface area contributed by atoms with Gasteiger partial charge in [-0.05, 0) is 37.1 Å². The van der Waals surface area contributed by atoms with Gasteiger partial charge in [0.25, 0.3) is 0 Å². The van der Waals surface area contributed by atoms with Gasteiger partial charge in [-0.25, -0.2) is 4.79 Å². The number of cyclic esters (lactones) is 1. The lowest BCUT2D eigenvalue weighted by molar-refractivity contribution is -0.138. The Kier molecular flexibility index (Phi) is 14.0. The minimum absolute atomic E-state index is 0.191. The van der Waals surface area contributed by atoms with Crippen molar-refractivity contribution in [1.82, 2.24) is 0 Å². The van der Waals surface area contributed by atoms with Crippen LogP contribution in [-0.2, 0) is 16.1 Å². The molecule has 1 heterocycles. The van der Waals surface area contributed by atoms with Crippen LogP contribution in [0.15, 0.2) is 60.2 Å². The third-order valence-electron chi connectivity index (χ3n) is 3.81. The van der Waals surface area contributed by atoms with Gasteiger partial charge in [-0.2, -0.15) is 0 Å². The molecule has 1 atom stereocenters. The largest absolute Gasteiger partial charge is 0.489 e. The highest BCUT2D eigenvalue weighted by Gasteiger charge is 2.28. The lowest BCUT2D eigenvalue weighted by Gasteiger charge is -2.11. The van der Waals surface area contributed by atoms with E-state index in [1.165, 1.54) is 6.42 Å². The van der Waals surface area contributed by atoms with Gasteiger partial charge in [-0.1, -0.05) is 90.4 Å². The van der Waals surface area contributed by atoms with E-state index in [0.29, 0.717) is 12.2 Å². The summed E-state index contributed by atoms with van der Waals surface area (Å²) in [4.78, 5) is 11.6. The zero-order valence-electron chi connectivity index (χ0n) is 19.4. The molecular formula is C26H38O3. The normalized spacial score (nSPS) is 14.3. The fraction of sp³-hybridized carbons (Fsp3) is 0.423. The van der Waals surface area contributed by atoms with E-state index in [1.54, 1.807) is 6.92 Å². The highest BCUT2D eigenvalue weighted by molar-refractivity contribution is 6.02. The van der Waals surface area contributed by atoms with E-state index in [-0.39, 0.29) is 12.1 Å². The summed E-state index contributed by atoms with van der Waals surface area (Å²) >= 11 is 0. The third kappa shape index (κ3) is 8.55. The fourth-order valence-corrected chi connectivity index (χ4v) is 2.65. The molecule has 29 heavy (non-hydrogen) atoms. The molecule has 0 saturated heterocycles. The first-order valence-corrected chi connectivity index (χ1v) is 10.8. The van der Waals surface area contributed by atoms with Crippen LogP contribution in [0.5, 0.6) is 5.75 Å². The lowest BCUT2D eigenvalue weighted by Crippen LogP contribution is -2.05. The molecule has 3 nitrogen and oxygen atoms in total. The van der Waals surface area contributed by atoms with Gasteiger partial charge in [-0.3, -0.25) is 0 Å². The molecule has 0 aromatic heterocycles. The summed E-state index contributed by atoms with van der Waals surface area (Å²) in [5.41, 5.74) is 3.78. The van der Waals surface area contributed by atoms with E-state index >= 15 is 0 Å². The maximum Gasteiger partial charge on any atom is 0.334 e. The Morgan fingerprint density at radius 1 is 0.897 bits per heavy atom. The van der Waals surface area contributed by atoms with Crippen LogP contribution >= 0.6 is 0 Å². The molecule has 3 heteroatoms. The Morgan fingerprint density at radius 3 is 1.86 bits per heavy atom. The first-order chi connectivity index (χ1) is 14.1. The average molecular weight is 399 g/mol. The summed E-state index contributed by atoms with van der Waals surface area (Å²) < 4.78 is 11.0. The topological polar surface area (TPSA) is 35.5 Å². The summed E-state index contributed by atoms with van der Waals surface area (Å²) in [6.07, 6.45) is 1.06. The second kappa shape index (κ2) is 15.4. The molecule has 3 rings (SSSR count). The number of benzene rings is 2. The van der Waals surface area contributed by atoms with Crippen LogP contribution in [0.3, 0.4) is 0 Å². The van der Waals surface area contributed by atoms with Gasteiger partial charge in [0.1, 0.15) is 18.5 Å². The van der Waals surface area contributed by atoms with Crippen molar-refractivity contribution < 1.29 is 14.3 Å². The number of hydrogen-bond acceptors (Lipinski definition) is 3. The molecule has 1 aliphatic rings. The van der Waals surface area contributed by atoms with Crippen molar-refractivity contribution in [3.8, 4) is 5.75 Å². The number of rotatable bonds is 4. The van der Waals surface area contributed by atoms with Crippen molar-refractivity contribution in [3.05, 3.63) is 71.3 Å². The van der Waals surface area contributed by atoms with Gasteiger partial charge in [0.05, 0.1) is 0 Å².